The van der Waals surface area contributed by atoms with E-state index in [0.717, 1.165) is 5.56 Å². The van der Waals surface area contributed by atoms with Gasteiger partial charge in [0.15, 0.2) is 11.2 Å². The van der Waals surface area contributed by atoms with E-state index in [-0.39, 0.29) is 17.2 Å². The quantitative estimate of drug-likeness (QED) is 0.727. The van der Waals surface area contributed by atoms with Crippen LogP contribution < -0.4 is 10.7 Å². The van der Waals surface area contributed by atoms with Crippen molar-refractivity contribution in [2.75, 3.05) is 20.6 Å². The second-order valence-corrected chi connectivity index (χ2v) is 7.15. The summed E-state index contributed by atoms with van der Waals surface area (Å²) in [7, 11) is 3.91. The Bertz CT molecular complexity index is 1030. The molecule has 0 fully saturated rings. The van der Waals surface area contributed by atoms with Crippen molar-refractivity contribution in [2.24, 2.45) is 0 Å². The molecule has 0 aliphatic heterocycles. The summed E-state index contributed by atoms with van der Waals surface area (Å²) in [5, 5.41) is 3.65. The lowest BCUT2D eigenvalue weighted by molar-refractivity contribution is 0.0914. The minimum atomic E-state index is -0.428. The van der Waals surface area contributed by atoms with Gasteiger partial charge in [-0.1, -0.05) is 41.4 Å². The van der Waals surface area contributed by atoms with Crippen molar-refractivity contribution in [1.29, 1.82) is 0 Å². The number of carbonyl (C=O) groups is 1. The van der Waals surface area contributed by atoms with Gasteiger partial charge >= 0.3 is 0 Å². The number of carbonyl (C=O) groups excluding carboxylic acids is 1. The van der Waals surface area contributed by atoms with Crippen molar-refractivity contribution in [3.05, 3.63) is 80.7 Å². The molecule has 0 saturated heterocycles. The largest absolute Gasteiger partial charge is 0.451 e. The van der Waals surface area contributed by atoms with Gasteiger partial charge in [-0.3, -0.25) is 9.59 Å². The van der Waals surface area contributed by atoms with Crippen LogP contribution in [0.15, 0.2) is 57.7 Å². The summed E-state index contributed by atoms with van der Waals surface area (Å²) in [5.74, 6) is -0.445. The fraction of sp³-hybridized carbons (Fsp3) is 0.238. The van der Waals surface area contributed by atoms with Crippen LogP contribution in [-0.4, -0.2) is 31.4 Å². The number of aryl methyl sites for hydroxylation is 1. The average Bonchev–Trinajstić information content (AvgIpc) is 2.63. The molecule has 3 aromatic rings. The van der Waals surface area contributed by atoms with Gasteiger partial charge in [0.05, 0.1) is 11.4 Å². The molecule has 0 bridgehead atoms. The number of rotatable bonds is 5. The molecule has 0 radical (unpaired) electrons. The number of halogens is 1. The van der Waals surface area contributed by atoms with Gasteiger partial charge in [-0.05, 0) is 44.8 Å². The molecule has 1 amide bonds. The van der Waals surface area contributed by atoms with Crippen LogP contribution in [0.5, 0.6) is 0 Å². The van der Waals surface area contributed by atoms with Crippen molar-refractivity contribution in [3.8, 4) is 0 Å². The van der Waals surface area contributed by atoms with E-state index in [1.165, 1.54) is 17.7 Å². The SMILES string of the molecule is Cc1ccc([C@@H](CNC(=O)c2cc(=O)c3cc(Cl)ccc3o2)N(C)C)cc1. The van der Waals surface area contributed by atoms with Gasteiger partial charge in [-0.2, -0.15) is 0 Å². The summed E-state index contributed by atoms with van der Waals surface area (Å²) in [6.45, 7) is 2.42. The lowest BCUT2D eigenvalue weighted by Crippen LogP contribution is -2.34. The maximum Gasteiger partial charge on any atom is 0.287 e. The molecule has 1 N–H and O–H groups in total. The van der Waals surface area contributed by atoms with Crippen LogP contribution in [0.2, 0.25) is 5.02 Å². The number of fused-ring (bicyclic) bond motifs is 1. The van der Waals surface area contributed by atoms with E-state index >= 15 is 0 Å². The van der Waals surface area contributed by atoms with Crippen molar-refractivity contribution in [1.82, 2.24) is 10.2 Å². The molecule has 3 rings (SSSR count). The van der Waals surface area contributed by atoms with Gasteiger partial charge in [0.25, 0.3) is 5.91 Å². The third kappa shape index (κ3) is 4.38. The second-order valence-electron chi connectivity index (χ2n) is 6.72. The molecule has 0 spiro atoms. The Labute approximate surface area is 162 Å². The van der Waals surface area contributed by atoms with Gasteiger partial charge in [0.2, 0.25) is 0 Å². The summed E-state index contributed by atoms with van der Waals surface area (Å²) in [6.07, 6.45) is 0. The van der Waals surface area contributed by atoms with Crippen molar-refractivity contribution >= 4 is 28.5 Å². The Morgan fingerprint density at radius 3 is 2.52 bits per heavy atom. The van der Waals surface area contributed by atoms with Gasteiger partial charge in [-0.15, -0.1) is 0 Å². The predicted octanol–water partition coefficient (Wildman–Crippen LogP) is 3.79. The summed E-state index contributed by atoms with van der Waals surface area (Å²) >= 11 is 5.91. The lowest BCUT2D eigenvalue weighted by Gasteiger charge is -2.25. The van der Waals surface area contributed by atoms with Crippen LogP contribution in [0.3, 0.4) is 0 Å². The number of hydrogen-bond acceptors (Lipinski definition) is 4. The van der Waals surface area contributed by atoms with Gasteiger partial charge in [0, 0.05) is 17.6 Å². The maximum absolute atomic E-state index is 12.5. The highest BCUT2D eigenvalue weighted by Crippen LogP contribution is 2.19. The van der Waals surface area contributed by atoms with E-state index in [2.05, 4.69) is 5.32 Å². The van der Waals surface area contributed by atoms with Crippen LogP contribution in [0, 0.1) is 6.92 Å². The van der Waals surface area contributed by atoms with Crippen LogP contribution >= 0.6 is 11.6 Å². The monoisotopic (exact) mass is 384 g/mol. The van der Waals surface area contributed by atoms with Crippen LogP contribution in [0.1, 0.15) is 27.7 Å². The van der Waals surface area contributed by atoms with E-state index in [0.29, 0.717) is 22.5 Å². The molecule has 1 aromatic heterocycles. The smallest absolute Gasteiger partial charge is 0.287 e. The highest BCUT2D eigenvalue weighted by molar-refractivity contribution is 6.31. The molecule has 5 nitrogen and oxygen atoms in total. The molecule has 2 aromatic carbocycles. The Balaban J connectivity index is 1.80. The van der Waals surface area contributed by atoms with E-state index < -0.39 is 5.91 Å². The number of benzene rings is 2. The fourth-order valence-corrected chi connectivity index (χ4v) is 3.08. The van der Waals surface area contributed by atoms with Gasteiger partial charge in [-0.25, -0.2) is 0 Å². The topological polar surface area (TPSA) is 62.6 Å². The van der Waals surface area contributed by atoms with Crippen LogP contribution in [-0.2, 0) is 0 Å². The fourth-order valence-electron chi connectivity index (χ4n) is 2.90. The first-order valence-corrected chi connectivity index (χ1v) is 8.97. The standard InChI is InChI=1S/C21H21ClN2O3/c1-13-4-6-14(7-5-13)17(24(2)3)12-23-21(26)20-11-18(25)16-10-15(22)8-9-19(16)27-20/h4-11,17H,12H2,1-3H3,(H,23,26)/t17-/m1/s1. The Kier molecular flexibility index (Phi) is 5.63. The van der Waals surface area contributed by atoms with E-state index in [4.69, 9.17) is 16.0 Å². The van der Waals surface area contributed by atoms with Crippen molar-refractivity contribution in [2.45, 2.75) is 13.0 Å². The molecular weight excluding hydrogens is 364 g/mol. The maximum atomic E-state index is 12.5. The molecule has 1 heterocycles. The molecule has 0 unspecified atom stereocenters. The molecule has 27 heavy (non-hydrogen) atoms. The van der Waals surface area contributed by atoms with Crippen LogP contribution in [0.4, 0.5) is 0 Å². The minimum Gasteiger partial charge on any atom is -0.451 e. The molecule has 140 valence electrons. The molecule has 1 atom stereocenters. The van der Waals surface area contributed by atoms with E-state index in [9.17, 15) is 9.59 Å². The molecule has 6 heteroatoms. The van der Waals surface area contributed by atoms with E-state index in [1.54, 1.807) is 12.1 Å². The summed E-state index contributed by atoms with van der Waals surface area (Å²) < 4.78 is 5.59. The lowest BCUT2D eigenvalue weighted by atomic mass is 10.0. The first-order chi connectivity index (χ1) is 12.8. The first kappa shape index (κ1) is 19.1. The summed E-state index contributed by atoms with van der Waals surface area (Å²) in [6, 6.07) is 14.1. The Hall–Kier alpha value is -2.63. The zero-order valence-corrected chi connectivity index (χ0v) is 16.2. The predicted molar refractivity (Wildman–Crippen MR) is 107 cm³/mol. The second kappa shape index (κ2) is 7.94. The third-order valence-electron chi connectivity index (χ3n) is 4.45. The molecule has 0 aliphatic rings. The highest BCUT2D eigenvalue weighted by atomic mass is 35.5. The number of hydrogen-bond donors (Lipinski definition) is 1. The zero-order valence-electron chi connectivity index (χ0n) is 15.5. The first-order valence-electron chi connectivity index (χ1n) is 8.60. The Morgan fingerprint density at radius 2 is 1.85 bits per heavy atom. The Morgan fingerprint density at radius 1 is 1.15 bits per heavy atom. The summed E-state index contributed by atoms with van der Waals surface area (Å²) in [4.78, 5) is 26.8. The highest BCUT2D eigenvalue weighted by Gasteiger charge is 2.18. The molecule has 0 aliphatic carbocycles. The number of nitrogens with one attached hydrogen (secondary N) is 1. The average molecular weight is 385 g/mol. The van der Waals surface area contributed by atoms with Gasteiger partial charge < -0.3 is 14.6 Å². The van der Waals surface area contributed by atoms with Crippen molar-refractivity contribution in [3.63, 3.8) is 0 Å². The van der Waals surface area contributed by atoms with Crippen molar-refractivity contribution < 1.29 is 9.21 Å². The molecular formula is C21H21ClN2O3. The third-order valence-corrected chi connectivity index (χ3v) is 4.69. The van der Waals surface area contributed by atoms with E-state index in [1.807, 2.05) is 50.2 Å². The minimum absolute atomic E-state index is 0.000495. The number of nitrogens with zero attached hydrogens (tertiary/aromatic N) is 1. The molecule has 0 saturated carbocycles. The normalized spacial score (nSPS) is 12.3. The number of amides is 1. The van der Waals surface area contributed by atoms with Crippen LogP contribution in [0.25, 0.3) is 11.0 Å². The number of likely N-dealkylation sites (N-methyl/N-ethyl adjacent to an activating group) is 1. The summed E-state index contributed by atoms with van der Waals surface area (Å²) in [5.41, 5.74) is 2.31. The zero-order chi connectivity index (χ0) is 19.6. The van der Waals surface area contributed by atoms with Gasteiger partial charge in [0.1, 0.15) is 5.58 Å².